The summed E-state index contributed by atoms with van der Waals surface area (Å²) >= 11 is 0. The maximum absolute atomic E-state index is 13.2. The van der Waals surface area contributed by atoms with E-state index in [0.717, 1.165) is 33.4 Å². The molecule has 0 spiro atoms. The molecule has 33 heavy (non-hydrogen) atoms. The first kappa shape index (κ1) is 20.9. The molecule has 0 fully saturated rings. The summed E-state index contributed by atoms with van der Waals surface area (Å²) in [6.45, 7) is 4.39. The SMILES string of the molecule is Cc1cccc([C@@H](C)Nc2ncc3n(c2=O)[C@H](C(=O)NCc2cc4cnccc4[nH]2)CC3)c1. The predicted octanol–water partition coefficient (Wildman–Crippen LogP) is 3.40. The number of nitrogens with one attached hydrogen (secondary N) is 3. The van der Waals surface area contributed by atoms with Gasteiger partial charge in [0.05, 0.1) is 12.6 Å². The van der Waals surface area contributed by atoms with Crippen LogP contribution in [-0.4, -0.2) is 25.4 Å². The van der Waals surface area contributed by atoms with Crippen LogP contribution >= 0.6 is 0 Å². The van der Waals surface area contributed by atoms with E-state index in [9.17, 15) is 9.59 Å². The molecule has 0 saturated heterocycles. The van der Waals surface area contributed by atoms with Gasteiger partial charge in [-0.15, -0.1) is 0 Å². The van der Waals surface area contributed by atoms with Gasteiger partial charge in [0.1, 0.15) is 6.04 Å². The van der Waals surface area contributed by atoms with Crippen LogP contribution in [0.3, 0.4) is 0 Å². The fourth-order valence-electron chi connectivity index (χ4n) is 4.44. The molecule has 5 rings (SSSR count). The Labute approximate surface area is 191 Å². The van der Waals surface area contributed by atoms with Crippen molar-refractivity contribution in [1.29, 1.82) is 0 Å². The van der Waals surface area contributed by atoms with Crippen LogP contribution in [0.25, 0.3) is 10.9 Å². The van der Waals surface area contributed by atoms with Gasteiger partial charge in [0.2, 0.25) is 5.91 Å². The van der Waals surface area contributed by atoms with Gasteiger partial charge in [-0.3, -0.25) is 19.1 Å². The second-order valence-corrected chi connectivity index (χ2v) is 8.58. The summed E-state index contributed by atoms with van der Waals surface area (Å²) in [4.78, 5) is 38.0. The van der Waals surface area contributed by atoms with Crippen molar-refractivity contribution < 1.29 is 4.79 Å². The molecule has 0 saturated carbocycles. The van der Waals surface area contributed by atoms with Crippen LogP contribution in [-0.2, 0) is 17.8 Å². The number of anilines is 1. The molecule has 0 aliphatic carbocycles. The molecule has 0 bridgehead atoms. The number of benzene rings is 1. The van der Waals surface area contributed by atoms with Crippen molar-refractivity contribution in [1.82, 2.24) is 24.8 Å². The van der Waals surface area contributed by atoms with Crippen molar-refractivity contribution in [3.05, 3.63) is 87.9 Å². The smallest absolute Gasteiger partial charge is 0.294 e. The molecule has 3 aromatic heterocycles. The summed E-state index contributed by atoms with van der Waals surface area (Å²) in [5, 5.41) is 7.19. The number of H-pyrrole nitrogens is 1. The number of pyridine rings is 1. The van der Waals surface area contributed by atoms with Crippen molar-refractivity contribution in [2.75, 3.05) is 5.32 Å². The molecule has 1 amide bonds. The highest BCUT2D eigenvalue weighted by Crippen LogP contribution is 2.25. The topological polar surface area (TPSA) is 105 Å². The van der Waals surface area contributed by atoms with Crippen molar-refractivity contribution in [3.8, 4) is 0 Å². The summed E-state index contributed by atoms with van der Waals surface area (Å²) in [6, 6.07) is 11.4. The number of aromatic amines is 1. The quantitative estimate of drug-likeness (QED) is 0.425. The Balaban J connectivity index is 1.32. The average molecular weight is 443 g/mol. The van der Waals surface area contributed by atoms with Gasteiger partial charge in [-0.1, -0.05) is 29.8 Å². The highest BCUT2D eigenvalue weighted by Gasteiger charge is 2.30. The molecular formula is C25H26N6O2. The molecular weight excluding hydrogens is 416 g/mol. The van der Waals surface area contributed by atoms with Gasteiger partial charge < -0.3 is 15.6 Å². The third-order valence-electron chi connectivity index (χ3n) is 6.19. The molecule has 4 aromatic rings. The summed E-state index contributed by atoms with van der Waals surface area (Å²) in [6.07, 6.45) is 6.43. The van der Waals surface area contributed by atoms with E-state index in [4.69, 9.17) is 0 Å². The predicted molar refractivity (Wildman–Crippen MR) is 127 cm³/mol. The van der Waals surface area contributed by atoms with E-state index in [1.54, 1.807) is 23.2 Å². The van der Waals surface area contributed by atoms with Crippen LogP contribution in [0.2, 0.25) is 0 Å². The van der Waals surface area contributed by atoms with E-state index < -0.39 is 6.04 Å². The number of amides is 1. The van der Waals surface area contributed by atoms with Crippen LogP contribution in [0, 0.1) is 6.92 Å². The first-order chi connectivity index (χ1) is 16.0. The van der Waals surface area contributed by atoms with Gasteiger partial charge in [-0.05, 0) is 44.4 Å². The number of hydrogen-bond acceptors (Lipinski definition) is 5. The standard InChI is InChI=1S/C25H26N6O2/c1-15-4-3-5-17(10-15)16(2)29-23-25(33)31-20(14-27-23)6-7-22(31)24(32)28-13-19-11-18-12-26-9-8-21(18)30-19/h3-5,8-12,14,16,22,30H,6-7,13H2,1-2H3,(H,27,29)(H,28,32)/t16-,22+/m1/s1. The molecule has 8 nitrogen and oxygen atoms in total. The number of hydrogen-bond donors (Lipinski definition) is 3. The first-order valence-corrected chi connectivity index (χ1v) is 11.1. The Kier molecular flexibility index (Phi) is 5.42. The lowest BCUT2D eigenvalue weighted by atomic mass is 10.1. The van der Waals surface area contributed by atoms with Crippen LogP contribution < -0.4 is 16.2 Å². The van der Waals surface area contributed by atoms with Gasteiger partial charge in [0.25, 0.3) is 5.56 Å². The monoisotopic (exact) mass is 442 g/mol. The maximum Gasteiger partial charge on any atom is 0.294 e. The number of aryl methyl sites for hydroxylation is 2. The minimum Gasteiger partial charge on any atom is -0.359 e. The summed E-state index contributed by atoms with van der Waals surface area (Å²) in [5.74, 6) is 0.0899. The highest BCUT2D eigenvalue weighted by molar-refractivity contribution is 5.82. The molecule has 8 heteroatoms. The van der Waals surface area contributed by atoms with Crippen molar-refractivity contribution in [2.45, 2.75) is 45.3 Å². The first-order valence-electron chi connectivity index (χ1n) is 11.1. The average Bonchev–Trinajstić information content (AvgIpc) is 3.43. The fraction of sp³-hybridized carbons (Fsp3) is 0.280. The van der Waals surface area contributed by atoms with Gasteiger partial charge in [-0.2, -0.15) is 0 Å². The fourth-order valence-corrected chi connectivity index (χ4v) is 4.44. The minimum absolute atomic E-state index is 0.0890. The summed E-state index contributed by atoms with van der Waals surface area (Å²) in [5.41, 5.74) is 4.61. The van der Waals surface area contributed by atoms with Crippen molar-refractivity contribution >= 4 is 22.6 Å². The number of aromatic nitrogens is 4. The van der Waals surface area contributed by atoms with E-state index in [1.807, 2.05) is 44.2 Å². The lowest BCUT2D eigenvalue weighted by molar-refractivity contribution is -0.124. The number of rotatable bonds is 6. The van der Waals surface area contributed by atoms with Gasteiger partial charge in [0, 0.05) is 40.9 Å². The molecule has 1 aromatic carbocycles. The molecule has 0 radical (unpaired) electrons. The van der Waals surface area contributed by atoms with Crippen molar-refractivity contribution in [3.63, 3.8) is 0 Å². The lowest BCUT2D eigenvalue weighted by Crippen LogP contribution is -2.36. The van der Waals surface area contributed by atoms with E-state index in [-0.39, 0.29) is 23.3 Å². The number of carbonyl (C=O) groups is 1. The normalized spacial score (nSPS) is 15.9. The van der Waals surface area contributed by atoms with Crippen LogP contribution in [0.1, 0.15) is 47.9 Å². The largest absolute Gasteiger partial charge is 0.359 e. The van der Waals surface area contributed by atoms with Crippen molar-refractivity contribution in [2.24, 2.45) is 0 Å². The molecule has 2 atom stereocenters. The Bertz CT molecular complexity index is 1360. The van der Waals surface area contributed by atoms with E-state index in [2.05, 4.69) is 31.7 Å². The zero-order chi connectivity index (χ0) is 22.9. The Morgan fingerprint density at radius 3 is 2.97 bits per heavy atom. The number of nitrogens with zero attached hydrogens (tertiary/aromatic N) is 3. The number of fused-ring (bicyclic) bond motifs is 2. The molecule has 3 N–H and O–H groups in total. The Morgan fingerprint density at radius 2 is 2.15 bits per heavy atom. The highest BCUT2D eigenvalue weighted by atomic mass is 16.2. The molecule has 1 aliphatic heterocycles. The zero-order valence-corrected chi connectivity index (χ0v) is 18.6. The van der Waals surface area contributed by atoms with E-state index in [0.29, 0.717) is 19.4 Å². The van der Waals surface area contributed by atoms with Crippen LogP contribution in [0.5, 0.6) is 0 Å². The summed E-state index contributed by atoms with van der Waals surface area (Å²) < 4.78 is 1.59. The Morgan fingerprint density at radius 1 is 1.27 bits per heavy atom. The minimum atomic E-state index is -0.545. The third kappa shape index (κ3) is 4.11. The lowest BCUT2D eigenvalue weighted by Gasteiger charge is -2.18. The van der Waals surface area contributed by atoms with Gasteiger partial charge >= 0.3 is 0 Å². The van der Waals surface area contributed by atoms with E-state index >= 15 is 0 Å². The van der Waals surface area contributed by atoms with Crippen LogP contribution in [0.4, 0.5) is 5.82 Å². The van der Waals surface area contributed by atoms with Gasteiger partial charge in [0.15, 0.2) is 5.82 Å². The molecule has 168 valence electrons. The van der Waals surface area contributed by atoms with E-state index in [1.165, 1.54) is 0 Å². The number of carbonyl (C=O) groups excluding carboxylic acids is 1. The van der Waals surface area contributed by atoms with Crippen LogP contribution in [0.15, 0.2) is 59.8 Å². The molecule has 4 heterocycles. The summed E-state index contributed by atoms with van der Waals surface area (Å²) in [7, 11) is 0. The second-order valence-electron chi connectivity index (χ2n) is 8.58. The molecule has 0 unspecified atom stereocenters. The Hall–Kier alpha value is -3.94. The molecule has 1 aliphatic rings. The third-order valence-corrected chi connectivity index (χ3v) is 6.19. The van der Waals surface area contributed by atoms with Gasteiger partial charge in [-0.25, -0.2) is 4.98 Å². The maximum atomic E-state index is 13.2. The zero-order valence-electron chi connectivity index (χ0n) is 18.6. The second kappa shape index (κ2) is 8.54.